The van der Waals surface area contributed by atoms with Crippen molar-refractivity contribution < 1.29 is 37.0 Å². The van der Waals surface area contributed by atoms with Gasteiger partial charge in [0.05, 0.1) is 43.2 Å². The van der Waals surface area contributed by atoms with Gasteiger partial charge in [0, 0.05) is 44.8 Å². The van der Waals surface area contributed by atoms with Gasteiger partial charge in [0.2, 0.25) is 10.0 Å². The summed E-state index contributed by atoms with van der Waals surface area (Å²) in [5.74, 6) is -1.56. The number of aliphatic hydroxyl groups excluding tert-OH is 1. The summed E-state index contributed by atoms with van der Waals surface area (Å²) in [5.41, 5.74) is 0.134. The Kier molecular flexibility index (Phi) is 7.45. The maximum absolute atomic E-state index is 13.1. The fourth-order valence-corrected chi connectivity index (χ4v) is 6.21. The fourth-order valence-electron chi connectivity index (χ4n) is 4.80. The number of carbonyl (C=O) groups excluding carboxylic acids is 2. The second-order valence-corrected chi connectivity index (χ2v) is 10.9. The van der Waals surface area contributed by atoms with E-state index >= 15 is 0 Å². The van der Waals surface area contributed by atoms with Crippen LogP contribution in [0, 0.1) is 0 Å². The first kappa shape index (κ1) is 25.6. The average molecular weight is 532 g/mol. The van der Waals surface area contributed by atoms with Crippen LogP contribution in [0.5, 0.6) is 0 Å². The minimum atomic E-state index is -3.72. The highest BCUT2D eigenvalue weighted by molar-refractivity contribution is 7.89. The zero-order chi connectivity index (χ0) is 26.0. The fraction of sp³-hybridized carbons (Fsp3) is 0.440. The number of Topliss-reactive ketones (excluding diaryl/α,β-unsaturated/α-hetero) is 1. The van der Waals surface area contributed by atoms with E-state index in [-0.39, 0.29) is 41.4 Å². The molecule has 198 valence electrons. The van der Waals surface area contributed by atoms with Crippen LogP contribution < -0.4 is 0 Å². The van der Waals surface area contributed by atoms with Crippen LogP contribution in [-0.2, 0) is 29.1 Å². The Morgan fingerprint density at radius 3 is 2.19 bits per heavy atom. The van der Waals surface area contributed by atoms with E-state index in [0.29, 0.717) is 38.7 Å². The predicted molar refractivity (Wildman–Crippen MR) is 131 cm³/mol. The molecule has 12 heteroatoms. The minimum Gasteiger partial charge on any atom is -0.507 e. The van der Waals surface area contributed by atoms with Crippen LogP contribution >= 0.6 is 0 Å². The van der Waals surface area contributed by atoms with Crippen LogP contribution in [0.25, 0.3) is 5.76 Å². The number of ketones is 1. The molecule has 5 rings (SSSR count). The second-order valence-electron chi connectivity index (χ2n) is 9.00. The van der Waals surface area contributed by atoms with Gasteiger partial charge in [-0.25, -0.2) is 8.42 Å². The molecule has 3 fully saturated rings. The topological polar surface area (TPSA) is 130 Å². The predicted octanol–water partition coefficient (Wildman–Crippen LogP) is 1.05. The van der Waals surface area contributed by atoms with Crippen molar-refractivity contribution in [2.75, 3.05) is 65.7 Å². The van der Waals surface area contributed by atoms with Crippen LogP contribution in [0.15, 0.2) is 57.5 Å². The molecule has 3 saturated heterocycles. The number of hydrogen-bond donors (Lipinski definition) is 1. The molecule has 2 aromatic rings. The summed E-state index contributed by atoms with van der Waals surface area (Å²) in [6.07, 6.45) is 1.45. The Hall–Kier alpha value is -3.03. The molecule has 0 saturated carbocycles. The molecular formula is C25H29N3O8S. The van der Waals surface area contributed by atoms with Crippen molar-refractivity contribution in [2.45, 2.75) is 10.9 Å². The van der Waals surface area contributed by atoms with Crippen molar-refractivity contribution >= 4 is 27.5 Å². The van der Waals surface area contributed by atoms with Gasteiger partial charge >= 0.3 is 0 Å². The standard InChI is InChI=1S/C25H29N3O8S/c29-23(18-3-5-19(6-4-18)37(32,33)27-11-16-35-17-12-27)21-22(20-2-1-13-36-20)28(25(31)24(21)30)8-7-26-9-14-34-15-10-26/h1-6,13,22,29H,7-12,14-17H2/b23-21-. The largest absolute Gasteiger partial charge is 0.507 e. The molecular weight excluding hydrogens is 502 g/mol. The molecule has 0 radical (unpaired) electrons. The SMILES string of the molecule is O=C1C(=O)N(CCN2CCOCC2)C(c2ccco2)/C1=C(/O)c1ccc(S(=O)(=O)N2CCOCC2)cc1. The first-order valence-electron chi connectivity index (χ1n) is 12.2. The summed E-state index contributed by atoms with van der Waals surface area (Å²) in [6.45, 7) is 4.68. The number of sulfonamides is 1. The first-order chi connectivity index (χ1) is 17.9. The van der Waals surface area contributed by atoms with E-state index in [9.17, 15) is 23.1 Å². The summed E-state index contributed by atoms with van der Waals surface area (Å²) in [7, 11) is -3.72. The molecule has 3 aliphatic heterocycles. The lowest BCUT2D eigenvalue weighted by molar-refractivity contribution is -0.140. The van der Waals surface area contributed by atoms with Crippen LogP contribution in [0.1, 0.15) is 17.4 Å². The lowest BCUT2D eigenvalue weighted by Crippen LogP contribution is -2.42. The number of rotatable bonds is 7. The summed E-state index contributed by atoms with van der Waals surface area (Å²) in [6, 6.07) is 8.05. The molecule has 1 unspecified atom stereocenters. The summed E-state index contributed by atoms with van der Waals surface area (Å²) in [4.78, 5) is 29.8. The van der Waals surface area contributed by atoms with Crippen LogP contribution in [-0.4, -0.2) is 105 Å². The normalized spacial score (nSPS) is 23.6. The van der Waals surface area contributed by atoms with Crippen molar-refractivity contribution in [3.63, 3.8) is 0 Å². The van der Waals surface area contributed by atoms with E-state index in [1.54, 1.807) is 12.1 Å². The number of carbonyl (C=O) groups is 2. The number of aliphatic hydroxyl groups is 1. The van der Waals surface area contributed by atoms with Gasteiger partial charge < -0.3 is 23.9 Å². The van der Waals surface area contributed by atoms with Gasteiger partial charge in [-0.15, -0.1) is 0 Å². The second kappa shape index (κ2) is 10.8. The number of furan rings is 1. The van der Waals surface area contributed by atoms with Crippen LogP contribution in [0.4, 0.5) is 0 Å². The Labute approximate surface area is 214 Å². The monoisotopic (exact) mass is 531 g/mol. The third-order valence-electron chi connectivity index (χ3n) is 6.85. The summed E-state index contributed by atoms with van der Waals surface area (Å²) in [5, 5.41) is 11.2. The van der Waals surface area contributed by atoms with E-state index in [1.165, 1.54) is 39.7 Å². The van der Waals surface area contributed by atoms with Gasteiger partial charge in [-0.1, -0.05) is 0 Å². The molecule has 1 atom stereocenters. The molecule has 1 aromatic heterocycles. The quantitative estimate of drug-likeness (QED) is 0.317. The molecule has 0 aliphatic carbocycles. The number of nitrogens with zero attached hydrogens (tertiary/aromatic N) is 3. The number of ether oxygens (including phenoxy) is 2. The van der Waals surface area contributed by atoms with Crippen LogP contribution in [0.2, 0.25) is 0 Å². The average Bonchev–Trinajstić information content (AvgIpc) is 3.55. The maximum Gasteiger partial charge on any atom is 0.295 e. The summed E-state index contributed by atoms with van der Waals surface area (Å²) < 4.78 is 43.4. The zero-order valence-electron chi connectivity index (χ0n) is 20.2. The number of morpholine rings is 2. The number of amides is 1. The molecule has 0 spiro atoms. The molecule has 1 N–H and O–H groups in total. The third-order valence-corrected chi connectivity index (χ3v) is 8.76. The number of benzene rings is 1. The van der Waals surface area contributed by atoms with Crippen molar-refractivity contribution in [1.82, 2.24) is 14.1 Å². The molecule has 11 nitrogen and oxygen atoms in total. The van der Waals surface area contributed by atoms with E-state index in [2.05, 4.69) is 4.90 Å². The van der Waals surface area contributed by atoms with Gasteiger partial charge in [-0.05, 0) is 36.4 Å². The number of hydrogen-bond acceptors (Lipinski definition) is 9. The van der Waals surface area contributed by atoms with E-state index < -0.39 is 27.8 Å². The van der Waals surface area contributed by atoms with Gasteiger partial charge in [-0.3, -0.25) is 14.5 Å². The smallest absolute Gasteiger partial charge is 0.295 e. The highest BCUT2D eigenvalue weighted by Crippen LogP contribution is 2.39. The van der Waals surface area contributed by atoms with E-state index in [4.69, 9.17) is 13.9 Å². The Morgan fingerprint density at radius 1 is 0.919 bits per heavy atom. The third kappa shape index (κ3) is 5.07. The Morgan fingerprint density at radius 2 is 1.57 bits per heavy atom. The van der Waals surface area contributed by atoms with E-state index in [0.717, 1.165) is 13.1 Å². The molecule has 4 heterocycles. The van der Waals surface area contributed by atoms with Crippen molar-refractivity contribution in [1.29, 1.82) is 0 Å². The first-order valence-corrected chi connectivity index (χ1v) is 13.6. The Bertz CT molecular complexity index is 1260. The molecule has 1 aromatic carbocycles. The van der Waals surface area contributed by atoms with Gasteiger partial charge in [0.25, 0.3) is 11.7 Å². The maximum atomic E-state index is 13.1. The molecule has 1 amide bonds. The van der Waals surface area contributed by atoms with Crippen molar-refractivity contribution in [2.24, 2.45) is 0 Å². The highest BCUT2D eigenvalue weighted by atomic mass is 32.2. The van der Waals surface area contributed by atoms with E-state index in [1.807, 2.05) is 0 Å². The zero-order valence-corrected chi connectivity index (χ0v) is 21.1. The van der Waals surface area contributed by atoms with Crippen LogP contribution in [0.3, 0.4) is 0 Å². The van der Waals surface area contributed by atoms with Gasteiger partial charge in [-0.2, -0.15) is 4.31 Å². The van der Waals surface area contributed by atoms with Crippen molar-refractivity contribution in [3.05, 3.63) is 59.6 Å². The lowest BCUT2D eigenvalue weighted by Gasteiger charge is -2.30. The molecule has 3 aliphatic rings. The van der Waals surface area contributed by atoms with Gasteiger partial charge in [0.15, 0.2) is 0 Å². The minimum absolute atomic E-state index is 0.0690. The van der Waals surface area contributed by atoms with Crippen molar-refractivity contribution in [3.8, 4) is 0 Å². The molecule has 37 heavy (non-hydrogen) atoms. The number of likely N-dealkylation sites (tertiary alicyclic amines) is 1. The Balaban J connectivity index is 1.44. The highest BCUT2D eigenvalue weighted by Gasteiger charge is 2.47. The summed E-state index contributed by atoms with van der Waals surface area (Å²) >= 11 is 0. The molecule has 0 bridgehead atoms. The lowest BCUT2D eigenvalue weighted by atomic mass is 9.99. The van der Waals surface area contributed by atoms with Gasteiger partial charge in [0.1, 0.15) is 17.6 Å².